The number of anilines is 1. The fourth-order valence-electron chi connectivity index (χ4n) is 8.36. The topological polar surface area (TPSA) is 218 Å². The van der Waals surface area contributed by atoms with Crippen LogP contribution in [0.15, 0.2) is 42.5 Å². The quantitative estimate of drug-likeness (QED) is 0.173. The minimum atomic E-state index is -1.72. The predicted molar refractivity (Wildman–Crippen MR) is 218 cm³/mol. The molecule has 0 bridgehead atoms. The molecule has 0 saturated carbocycles. The van der Waals surface area contributed by atoms with Crippen LogP contribution in [0, 0.1) is 24.5 Å². The molecular weight excluding hydrogens is 797 g/mol. The molecule has 2 aromatic carbocycles. The van der Waals surface area contributed by atoms with Crippen LogP contribution in [0.4, 0.5) is 19.3 Å². The Labute approximate surface area is 353 Å². The molecule has 2 aromatic rings. The number of aliphatic hydroxyl groups excluding tert-OH is 2. The van der Waals surface area contributed by atoms with Crippen LogP contribution in [0.1, 0.15) is 77.3 Å². The van der Waals surface area contributed by atoms with Crippen molar-refractivity contribution < 1.29 is 52.6 Å². The number of benzene rings is 2. The second kappa shape index (κ2) is 20.4. The van der Waals surface area contributed by atoms with Crippen molar-refractivity contribution in [1.29, 1.82) is 0 Å². The van der Waals surface area contributed by atoms with Gasteiger partial charge in [0, 0.05) is 37.8 Å². The Hall–Kier alpha value is -5.49. The molecule has 5 rings (SSSR count). The van der Waals surface area contributed by atoms with Gasteiger partial charge < -0.3 is 46.2 Å². The van der Waals surface area contributed by atoms with E-state index >= 15 is 0 Å². The first-order chi connectivity index (χ1) is 28.8. The summed E-state index contributed by atoms with van der Waals surface area (Å²) in [5, 5.41) is 31.9. The molecule has 3 fully saturated rings. The molecule has 18 heteroatoms. The van der Waals surface area contributed by atoms with Gasteiger partial charge in [0.15, 0.2) is 5.78 Å². The number of halogens is 2. The monoisotopic (exact) mass is 853 g/mol. The Kier molecular flexibility index (Phi) is 15.6. The third kappa shape index (κ3) is 11.9. The van der Waals surface area contributed by atoms with Gasteiger partial charge in [0.25, 0.3) is 0 Å². The zero-order valence-corrected chi connectivity index (χ0v) is 35.2. The minimum absolute atomic E-state index is 0.00260. The van der Waals surface area contributed by atoms with Gasteiger partial charge in [-0.2, -0.15) is 0 Å². The largest absolute Gasteiger partial charge is 0.391 e. The Balaban J connectivity index is 1.33. The lowest BCUT2D eigenvalue weighted by Gasteiger charge is -2.44. The van der Waals surface area contributed by atoms with Gasteiger partial charge in [0.05, 0.1) is 18.2 Å². The van der Waals surface area contributed by atoms with E-state index in [0.717, 1.165) is 22.6 Å². The van der Waals surface area contributed by atoms with E-state index < -0.39 is 102 Å². The lowest BCUT2D eigenvalue weighted by molar-refractivity contribution is -0.157. The van der Waals surface area contributed by atoms with Gasteiger partial charge in [-0.05, 0) is 102 Å². The lowest BCUT2D eigenvalue weighted by Crippen LogP contribution is -2.65. The molecule has 0 spiro atoms. The van der Waals surface area contributed by atoms with Crippen molar-refractivity contribution in [3.63, 3.8) is 0 Å². The summed E-state index contributed by atoms with van der Waals surface area (Å²) in [5.74, 6) is -5.41. The van der Waals surface area contributed by atoms with Crippen molar-refractivity contribution in [2.75, 3.05) is 25.0 Å². The maximum atomic E-state index is 14.4. The number of hydrogen-bond donors (Lipinski definition) is 6. The van der Waals surface area contributed by atoms with Crippen LogP contribution in [-0.2, 0) is 35.2 Å². The minimum Gasteiger partial charge on any atom is -0.391 e. The van der Waals surface area contributed by atoms with Gasteiger partial charge in [-0.15, -0.1) is 0 Å². The number of Topliss-reactive ketones (excluding diaryl/α,β-unsaturated/α-hetero) is 1. The Morgan fingerprint density at radius 3 is 2.10 bits per heavy atom. The number of aryl methyl sites for hydroxylation is 1. The number of β-amino-alcohol motifs (C(OH)–C–C–N with tert-alkyl or cyclic N) is 1. The summed E-state index contributed by atoms with van der Waals surface area (Å²) in [6, 6.07) is 1.45. The summed E-state index contributed by atoms with van der Waals surface area (Å²) in [7, 11) is 0. The average molecular weight is 854 g/mol. The predicted octanol–water partition coefficient (Wildman–Crippen LogP) is 1.94. The van der Waals surface area contributed by atoms with Crippen LogP contribution in [-0.4, -0.2) is 134 Å². The van der Waals surface area contributed by atoms with Crippen molar-refractivity contribution in [3.8, 4) is 0 Å². The molecule has 3 saturated heterocycles. The van der Waals surface area contributed by atoms with Gasteiger partial charge in [0.1, 0.15) is 41.8 Å². The SMILES string of the molecule is CC(=O)[C@@H]1C[C@@H](C)CN1C(=O)[C@H](C)NC(=O)[C@@H]1CCCCN1C(=O)[C@@H]1CC[C@@H](O)CN1C(=O)[C@@H](NC(=O)[C@H](Cc1cc(F)cc(F)c1)NC(=O)Nc1ccc(C)cc1)[C@H](C)O. The lowest BCUT2D eigenvalue weighted by atomic mass is 9.94. The van der Waals surface area contributed by atoms with Crippen LogP contribution in [0.25, 0.3) is 0 Å². The maximum Gasteiger partial charge on any atom is 0.319 e. The van der Waals surface area contributed by atoms with Gasteiger partial charge in [-0.25, -0.2) is 13.6 Å². The highest BCUT2D eigenvalue weighted by atomic mass is 19.1. The molecule has 0 aromatic heterocycles. The number of hydrogen-bond acceptors (Lipinski definition) is 9. The first-order valence-corrected chi connectivity index (χ1v) is 20.8. The molecule has 16 nitrogen and oxygen atoms in total. The summed E-state index contributed by atoms with van der Waals surface area (Å²) in [5.41, 5.74) is 1.31. The summed E-state index contributed by atoms with van der Waals surface area (Å²) >= 11 is 0. The van der Waals surface area contributed by atoms with E-state index in [-0.39, 0.29) is 49.6 Å². The van der Waals surface area contributed by atoms with Crippen LogP contribution in [0.3, 0.4) is 0 Å². The first-order valence-electron chi connectivity index (χ1n) is 20.8. The molecule has 332 valence electrons. The van der Waals surface area contributed by atoms with E-state index in [1.54, 1.807) is 24.3 Å². The fourth-order valence-corrected chi connectivity index (χ4v) is 8.36. The van der Waals surface area contributed by atoms with Crippen LogP contribution < -0.4 is 21.3 Å². The Bertz CT molecular complexity index is 1950. The second-order valence-electron chi connectivity index (χ2n) is 16.7. The molecule has 3 heterocycles. The number of nitrogens with zero attached hydrogens (tertiary/aromatic N) is 3. The Morgan fingerprint density at radius 2 is 1.46 bits per heavy atom. The van der Waals surface area contributed by atoms with E-state index in [2.05, 4.69) is 21.3 Å². The van der Waals surface area contributed by atoms with Gasteiger partial charge >= 0.3 is 6.03 Å². The number of likely N-dealkylation sites (tertiary alicyclic amines) is 3. The number of ketones is 1. The summed E-state index contributed by atoms with van der Waals surface area (Å²) in [4.78, 5) is 99.3. The smallest absolute Gasteiger partial charge is 0.319 e. The third-order valence-corrected chi connectivity index (χ3v) is 11.5. The standard InChI is InChI=1S/C43H57F2N7O9/c1-23-9-11-31(12-10-23)47-43(61)48-33(19-28-17-29(44)20-30(45)18-28)38(56)49-37(27(5)54)42(60)52-22-32(55)13-14-35(52)41(59)50-15-7-6-8-34(50)39(57)46-25(3)40(58)51-21-24(2)16-36(51)26(4)53/h9-12,17-18,20,24-25,27,32-37,54-55H,6-8,13-16,19,21-22H2,1-5H3,(H,46,57)(H,49,56)(H2,47,48,61)/t24-,25+,27+,32-,33+,34+,35+,36+,37+/m1/s1. The third-order valence-electron chi connectivity index (χ3n) is 11.5. The van der Waals surface area contributed by atoms with Crippen LogP contribution in [0.5, 0.6) is 0 Å². The zero-order valence-electron chi connectivity index (χ0n) is 35.2. The molecule has 0 radical (unpaired) electrons. The van der Waals surface area contributed by atoms with Gasteiger partial charge in [-0.3, -0.25) is 28.8 Å². The molecule has 0 unspecified atom stereocenters. The molecular formula is C43H57F2N7O9. The van der Waals surface area contributed by atoms with Crippen LogP contribution >= 0.6 is 0 Å². The van der Waals surface area contributed by atoms with E-state index in [4.69, 9.17) is 0 Å². The number of amides is 7. The highest BCUT2D eigenvalue weighted by Crippen LogP contribution is 2.27. The number of nitrogens with one attached hydrogen (secondary N) is 4. The van der Waals surface area contributed by atoms with Gasteiger partial charge in [0.2, 0.25) is 29.5 Å². The number of urea groups is 1. The molecule has 3 aliphatic rings. The zero-order chi connectivity index (χ0) is 44.7. The number of aliphatic hydroxyl groups is 2. The van der Waals surface area contributed by atoms with E-state index in [1.165, 1.54) is 30.6 Å². The summed E-state index contributed by atoms with van der Waals surface area (Å²) in [6.45, 7) is 8.15. The van der Waals surface area contributed by atoms with E-state index in [1.807, 2.05) is 13.8 Å². The molecule has 61 heavy (non-hydrogen) atoms. The van der Waals surface area contributed by atoms with Crippen molar-refractivity contribution in [2.24, 2.45) is 5.92 Å². The fraction of sp³-hybridized carbons (Fsp3) is 0.558. The van der Waals surface area contributed by atoms with Crippen molar-refractivity contribution in [1.82, 2.24) is 30.7 Å². The second-order valence-corrected chi connectivity index (χ2v) is 16.7. The Morgan fingerprint density at radius 1 is 0.803 bits per heavy atom. The number of carbonyl (C=O) groups is 7. The highest BCUT2D eigenvalue weighted by molar-refractivity contribution is 5.98. The average Bonchev–Trinajstić information content (AvgIpc) is 3.60. The van der Waals surface area contributed by atoms with Crippen molar-refractivity contribution in [3.05, 3.63) is 65.2 Å². The van der Waals surface area contributed by atoms with Crippen molar-refractivity contribution >= 4 is 47.0 Å². The van der Waals surface area contributed by atoms with Crippen LogP contribution in [0.2, 0.25) is 0 Å². The molecule has 0 aliphatic carbocycles. The number of rotatable bonds is 13. The number of piperidine rings is 2. The van der Waals surface area contributed by atoms with Gasteiger partial charge in [-0.1, -0.05) is 24.6 Å². The maximum absolute atomic E-state index is 14.4. The molecule has 6 N–H and O–H groups in total. The first kappa shape index (κ1) is 46.6. The summed E-state index contributed by atoms with van der Waals surface area (Å²) < 4.78 is 28.4. The molecule has 7 amide bonds. The molecule has 9 atom stereocenters. The summed E-state index contributed by atoms with van der Waals surface area (Å²) in [6.07, 6.45) is -1.02. The highest BCUT2D eigenvalue weighted by Gasteiger charge is 2.45. The number of carbonyl (C=O) groups excluding carboxylic acids is 7. The normalized spacial score (nSPS) is 23.6. The molecule has 3 aliphatic heterocycles. The van der Waals surface area contributed by atoms with Crippen molar-refractivity contribution in [2.45, 2.75) is 128 Å². The van der Waals surface area contributed by atoms with E-state index in [9.17, 15) is 52.6 Å². The van der Waals surface area contributed by atoms with E-state index in [0.29, 0.717) is 37.6 Å².